The van der Waals surface area contributed by atoms with Crippen LogP contribution in [0.2, 0.25) is 0 Å². The molecule has 3 aromatic rings. The molecule has 1 amide bonds. The summed E-state index contributed by atoms with van der Waals surface area (Å²) in [6, 6.07) is 11.1. The summed E-state index contributed by atoms with van der Waals surface area (Å²) in [7, 11) is 0. The lowest BCUT2D eigenvalue weighted by Crippen LogP contribution is -2.48. The first-order valence-electron chi connectivity index (χ1n) is 9.52. The highest BCUT2D eigenvalue weighted by Crippen LogP contribution is 2.27. The maximum atomic E-state index is 12.8. The topological polar surface area (TPSA) is 84.7 Å². The molecule has 0 radical (unpaired) electrons. The van der Waals surface area contributed by atoms with Gasteiger partial charge in [-0.25, -0.2) is 4.68 Å². The second-order valence-electron chi connectivity index (χ2n) is 7.57. The Balaban J connectivity index is 0.00000120. The number of carbonyl (C=O) groups excluding carboxylic acids is 1. The summed E-state index contributed by atoms with van der Waals surface area (Å²) in [4.78, 5) is 17.3. The van der Waals surface area contributed by atoms with Gasteiger partial charge in [0.2, 0.25) is 0 Å². The van der Waals surface area contributed by atoms with Crippen molar-refractivity contribution in [3.8, 4) is 5.69 Å². The fourth-order valence-corrected chi connectivity index (χ4v) is 4.46. The Morgan fingerprint density at radius 1 is 1.14 bits per heavy atom. The third-order valence-corrected chi connectivity index (χ3v) is 5.76. The van der Waals surface area contributed by atoms with Crippen molar-refractivity contribution in [2.45, 2.75) is 50.7 Å². The normalized spacial score (nSPS) is 22.6. The summed E-state index contributed by atoms with van der Waals surface area (Å²) in [5, 5.41) is 16.2. The van der Waals surface area contributed by atoms with E-state index in [1.165, 1.54) is 12.8 Å². The Hall–Kier alpha value is -2.22. The molecule has 29 heavy (non-hydrogen) atoms. The highest BCUT2D eigenvalue weighted by Gasteiger charge is 2.34. The second-order valence-corrected chi connectivity index (χ2v) is 7.57. The van der Waals surface area contributed by atoms with E-state index in [2.05, 4.69) is 25.9 Å². The Labute approximate surface area is 181 Å². The molecule has 2 bridgehead atoms. The van der Waals surface area contributed by atoms with E-state index < -0.39 is 0 Å². The highest BCUT2D eigenvalue weighted by atomic mass is 35.5. The van der Waals surface area contributed by atoms with Crippen LogP contribution in [-0.2, 0) is 0 Å². The number of carbonyl (C=O) groups is 1. The van der Waals surface area contributed by atoms with E-state index in [1.54, 1.807) is 10.9 Å². The lowest BCUT2D eigenvalue weighted by Gasteiger charge is -2.29. The molecular formula is C20H24Cl2N6O. The Kier molecular flexibility index (Phi) is 6.41. The van der Waals surface area contributed by atoms with Crippen LogP contribution in [0.3, 0.4) is 0 Å². The maximum Gasteiger partial charge on any atom is 0.273 e. The summed E-state index contributed by atoms with van der Waals surface area (Å²) < 4.78 is 1.70. The minimum Gasteiger partial charge on any atom is -0.348 e. The van der Waals surface area contributed by atoms with Gasteiger partial charge in [0.1, 0.15) is 0 Å². The van der Waals surface area contributed by atoms with E-state index in [-0.39, 0.29) is 36.8 Å². The van der Waals surface area contributed by atoms with Crippen LogP contribution < -0.4 is 10.6 Å². The molecular weight excluding hydrogens is 411 g/mol. The monoisotopic (exact) mass is 434 g/mol. The SMILES string of the molecule is Cc1c(C(=O)NC2CC3CCC(C2)N3)nnn1-c1cccc2cccnc12.Cl.Cl. The van der Waals surface area contributed by atoms with Gasteiger partial charge in [-0.2, -0.15) is 0 Å². The number of nitrogens with one attached hydrogen (secondary N) is 2. The number of rotatable bonds is 3. The largest absolute Gasteiger partial charge is 0.348 e. The van der Waals surface area contributed by atoms with Crippen LogP contribution in [0.4, 0.5) is 0 Å². The lowest BCUT2D eigenvalue weighted by atomic mass is 9.99. The molecule has 2 fully saturated rings. The molecule has 2 aliphatic rings. The molecule has 0 spiro atoms. The predicted molar refractivity (Wildman–Crippen MR) is 116 cm³/mol. The summed E-state index contributed by atoms with van der Waals surface area (Å²) in [5.74, 6) is -0.141. The fraction of sp³-hybridized carbons (Fsp3) is 0.400. The van der Waals surface area contributed by atoms with Gasteiger partial charge in [0, 0.05) is 29.7 Å². The van der Waals surface area contributed by atoms with E-state index in [9.17, 15) is 4.79 Å². The standard InChI is InChI=1S/C20H22N6O.2ClH/c1-12-18(20(27)23-16-10-14-7-8-15(11-16)22-14)24-25-26(12)17-6-2-4-13-5-3-9-21-19(13)17;;/h2-6,9,14-16,22H,7-8,10-11H2,1H3,(H,23,27);2*1H. The molecule has 2 unspecified atom stereocenters. The number of piperidine rings is 1. The van der Waals surface area contributed by atoms with Gasteiger partial charge in [-0.1, -0.05) is 23.4 Å². The number of pyridine rings is 1. The molecule has 2 aliphatic heterocycles. The first-order chi connectivity index (χ1) is 13.2. The van der Waals surface area contributed by atoms with Crippen LogP contribution in [0.25, 0.3) is 16.6 Å². The van der Waals surface area contributed by atoms with E-state index in [1.807, 2.05) is 37.3 Å². The zero-order valence-corrected chi connectivity index (χ0v) is 17.7. The van der Waals surface area contributed by atoms with Gasteiger partial charge in [0.25, 0.3) is 5.91 Å². The van der Waals surface area contributed by atoms with Crippen LogP contribution >= 0.6 is 24.8 Å². The van der Waals surface area contributed by atoms with Crippen molar-refractivity contribution >= 4 is 41.6 Å². The van der Waals surface area contributed by atoms with Gasteiger partial charge in [-0.3, -0.25) is 9.78 Å². The van der Waals surface area contributed by atoms with E-state index in [0.29, 0.717) is 17.8 Å². The van der Waals surface area contributed by atoms with E-state index in [4.69, 9.17) is 0 Å². The van der Waals surface area contributed by atoms with Crippen molar-refractivity contribution in [1.29, 1.82) is 0 Å². The highest BCUT2D eigenvalue weighted by molar-refractivity contribution is 5.94. The maximum absolute atomic E-state index is 12.8. The van der Waals surface area contributed by atoms with Crippen molar-refractivity contribution in [3.63, 3.8) is 0 Å². The van der Waals surface area contributed by atoms with Gasteiger partial charge >= 0.3 is 0 Å². The van der Waals surface area contributed by atoms with Gasteiger partial charge in [-0.15, -0.1) is 29.9 Å². The smallest absolute Gasteiger partial charge is 0.273 e. The Morgan fingerprint density at radius 3 is 2.62 bits per heavy atom. The van der Waals surface area contributed by atoms with Crippen molar-refractivity contribution in [1.82, 2.24) is 30.6 Å². The van der Waals surface area contributed by atoms with Crippen molar-refractivity contribution < 1.29 is 4.79 Å². The summed E-state index contributed by atoms with van der Waals surface area (Å²) in [5.41, 5.74) is 2.78. The van der Waals surface area contributed by atoms with Crippen molar-refractivity contribution in [2.75, 3.05) is 0 Å². The van der Waals surface area contributed by atoms with Crippen LogP contribution in [0.1, 0.15) is 41.9 Å². The van der Waals surface area contributed by atoms with Gasteiger partial charge in [0.05, 0.1) is 16.9 Å². The number of nitrogens with zero attached hydrogens (tertiary/aromatic N) is 4. The average Bonchev–Trinajstić information content (AvgIpc) is 3.23. The minimum atomic E-state index is -0.141. The molecule has 2 aromatic heterocycles. The van der Waals surface area contributed by atoms with Gasteiger partial charge < -0.3 is 10.6 Å². The third-order valence-electron chi connectivity index (χ3n) is 5.76. The quantitative estimate of drug-likeness (QED) is 0.661. The molecule has 2 N–H and O–H groups in total. The summed E-state index contributed by atoms with van der Waals surface area (Å²) >= 11 is 0. The number of para-hydroxylation sites is 1. The zero-order valence-electron chi connectivity index (χ0n) is 16.0. The number of hydrogen-bond donors (Lipinski definition) is 2. The Bertz CT molecular complexity index is 1010. The van der Waals surface area contributed by atoms with Crippen molar-refractivity contribution in [3.05, 3.63) is 47.9 Å². The van der Waals surface area contributed by atoms with Crippen molar-refractivity contribution in [2.24, 2.45) is 0 Å². The second kappa shape index (κ2) is 8.65. The molecule has 2 saturated heterocycles. The van der Waals surface area contributed by atoms with Crippen LogP contribution in [0, 0.1) is 6.92 Å². The number of fused-ring (bicyclic) bond motifs is 3. The number of amides is 1. The molecule has 0 saturated carbocycles. The van der Waals surface area contributed by atoms with E-state index >= 15 is 0 Å². The third kappa shape index (κ3) is 3.95. The number of hydrogen-bond acceptors (Lipinski definition) is 5. The molecule has 7 nitrogen and oxygen atoms in total. The first kappa shape index (κ1) is 21.5. The lowest BCUT2D eigenvalue weighted by molar-refractivity contribution is 0.0918. The Morgan fingerprint density at radius 2 is 1.86 bits per heavy atom. The first-order valence-corrected chi connectivity index (χ1v) is 9.52. The summed E-state index contributed by atoms with van der Waals surface area (Å²) in [6.45, 7) is 1.88. The summed E-state index contributed by atoms with van der Waals surface area (Å²) in [6.07, 6.45) is 6.16. The average molecular weight is 435 g/mol. The van der Waals surface area contributed by atoms with Crippen LogP contribution in [-0.4, -0.2) is 44.0 Å². The molecule has 0 aliphatic carbocycles. The minimum absolute atomic E-state index is 0. The number of benzene rings is 1. The molecule has 1 aromatic carbocycles. The zero-order chi connectivity index (χ0) is 18.4. The molecule has 2 atom stereocenters. The van der Waals surface area contributed by atoms with Gasteiger partial charge in [0.15, 0.2) is 5.69 Å². The number of aromatic nitrogens is 4. The molecule has 9 heteroatoms. The van der Waals surface area contributed by atoms with E-state index in [0.717, 1.165) is 35.1 Å². The fourth-order valence-electron chi connectivity index (χ4n) is 4.46. The predicted octanol–water partition coefficient (Wildman–Crippen LogP) is 2.98. The molecule has 4 heterocycles. The number of halogens is 2. The molecule has 154 valence electrons. The molecule has 5 rings (SSSR count). The van der Waals surface area contributed by atoms with Crippen LogP contribution in [0.5, 0.6) is 0 Å². The van der Waals surface area contributed by atoms with Gasteiger partial charge in [-0.05, 0) is 44.7 Å². The van der Waals surface area contributed by atoms with Crippen LogP contribution in [0.15, 0.2) is 36.5 Å².